The molecule has 5 rings (SSSR count). The number of allylic oxidation sites excluding steroid dienone is 2. The second-order valence-corrected chi connectivity index (χ2v) is 11.8. The van der Waals surface area contributed by atoms with Crippen LogP contribution in [-0.4, -0.2) is 39.8 Å². The Balaban J connectivity index is 1.34. The number of nitrogens with one attached hydrogen (secondary N) is 1. The van der Waals surface area contributed by atoms with Gasteiger partial charge in [0.15, 0.2) is 0 Å². The summed E-state index contributed by atoms with van der Waals surface area (Å²) in [5.74, 6) is -2.26. The molecule has 0 aromatic heterocycles. The molecule has 1 aliphatic carbocycles. The van der Waals surface area contributed by atoms with Crippen molar-refractivity contribution in [3.8, 4) is 5.75 Å². The zero-order valence-electron chi connectivity index (χ0n) is 25.4. The molecule has 3 aromatic carbocycles. The summed E-state index contributed by atoms with van der Waals surface area (Å²) in [5, 5.41) is 35.4. The molecule has 1 heterocycles. The van der Waals surface area contributed by atoms with E-state index < -0.39 is 23.9 Å². The summed E-state index contributed by atoms with van der Waals surface area (Å²) in [5.41, 5.74) is 6.02. The molecule has 0 unspecified atom stereocenters. The Hall–Kier alpha value is -4.20. The molecule has 1 aliphatic heterocycles. The van der Waals surface area contributed by atoms with E-state index in [2.05, 4.69) is 18.3 Å². The largest absolute Gasteiger partial charge is 0.508 e. The zero-order valence-corrected chi connectivity index (χ0v) is 25.4. The number of para-hydroxylation sites is 1. The summed E-state index contributed by atoms with van der Waals surface area (Å²) in [6, 6.07) is 24.1. The van der Waals surface area contributed by atoms with E-state index in [1.54, 1.807) is 30.3 Å². The van der Waals surface area contributed by atoms with E-state index in [-0.39, 0.29) is 24.2 Å². The van der Waals surface area contributed by atoms with Gasteiger partial charge >= 0.3 is 0 Å². The summed E-state index contributed by atoms with van der Waals surface area (Å²) < 4.78 is 0. The SMILES string of the molecule is CCC/C(=C\c1cccc(O)c1)CC[C@@H](O)C1=C(CC)C[C@H]2C(=O)N(c3ccc(Nc4ccccc4)cc3)C(=O)[C@H]2[C@H]1CO. The fraction of sp³-hybridized carbons (Fsp3) is 0.351. The quantitative estimate of drug-likeness (QED) is 0.133. The first kappa shape index (κ1) is 31.2. The Morgan fingerprint density at radius 2 is 1.68 bits per heavy atom. The predicted octanol–water partition coefficient (Wildman–Crippen LogP) is 6.99. The average molecular weight is 595 g/mol. The summed E-state index contributed by atoms with van der Waals surface area (Å²) in [6.45, 7) is 3.79. The van der Waals surface area contributed by atoms with E-state index in [4.69, 9.17) is 0 Å². The number of carbonyl (C=O) groups is 2. The van der Waals surface area contributed by atoms with Crippen molar-refractivity contribution in [1.82, 2.24) is 0 Å². The molecule has 2 aliphatic rings. The maximum atomic E-state index is 13.9. The first-order chi connectivity index (χ1) is 21.3. The lowest BCUT2D eigenvalue weighted by Gasteiger charge is -2.36. The van der Waals surface area contributed by atoms with Crippen LogP contribution in [0, 0.1) is 17.8 Å². The summed E-state index contributed by atoms with van der Waals surface area (Å²) in [6.07, 6.45) is 5.14. The molecule has 4 N–H and O–H groups in total. The van der Waals surface area contributed by atoms with Crippen LogP contribution in [0.4, 0.5) is 17.1 Å². The molecular formula is C37H42N2O5. The van der Waals surface area contributed by atoms with E-state index in [1.165, 1.54) is 4.90 Å². The number of aliphatic hydroxyl groups excluding tert-OH is 2. The number of benzene rings is 3. The minimum atomic E-state index is -0.840. The highest BCUT2D eigenvalue weighted by Gasteiger charge is 2.55. The van der Waals surface area contributed by atoms with Crippen LogP contribution in [-0.2, 0) is 9.59 Å². The molecule has 3 aromatic rings. The van der Waals surface area contributed by atoms with Gasteiger partial charge in [0, 0.05) is 17.3 Å². The van der Waals surface area contributed by atoms with Crippen molar-refractivity contribution in [2.24, 2.45) is 17.8 Å². The summed E-state index contributed by atoms with van der Waals surface area (Å²) >= 11 is 0. The molecule has 230 valence electrons. The van der Waals surface area contributed by atoms with Crippen LogP contribution < -0.4 is 10.2 Å². The lowest BCUT2D eigenvalue weighted by Crippen LogP contribution is -2.39. The minimum Gasteiger partial charge on any atom is -0.508 e. The van der Waals surface area contributed by atoms with Crippen molar-refractivity contribution >= 4 is 35.0 Å². The second kappa shape index (κ2) is 14.1. The fourth-order valence-corrected chi connectivity index (χ4v) is 6.85. The lowest BCUT2D eigenvalue weighted by atomic mass is 9.67. The van der Waals surface area contributed by atoms with Crippen LogP contribution in [0.1, 0.15) is 57.9 Å². The van der Waals surface area contributed by atoms with Crippen molar-refractivity contribution in [3.05, 3.63) is 101 Å². The predicted molar refractivity (Wildman–Crippen MR) is 174 cm³/mol. The first-order valence-electron chi connectivity index (χ1n) is 15.6. The number of anilines is 3. The number of amides is 2. The number of hydrogen-bond acceptors (Lipinski definition) is 6. The zero-order chi connectivity index (χ0) is 31.2. The number of aromatic hydroxyl groups is 1. The van der Waals surface area contributed by atoms with Crippen molar-refractivity contribution in [3.63, 3.8) is 0 Å². The number of fused-ring (bicyclic) bond motifs is 1. The number of phenolic OH excluding ortho intramolecular Hbond substituents is 1. The Morgan fingerprint density at radius 1 is 0.955 bits per heavy atom. The average Bonchev–Trinajstić information content (AvgIpc) is 3.28. The number of imide groups is 1. The normalized spacial score (nSPS) is 21.0. The van der Waals surface area contributed by atoms with Gasteiger partial charge in [-0.05, 0) is 91.8 Å². The van der Waals surface area contributed by atoms with Gasteiger partial charge in [0.05, 0.1) is 30.2 Å². The molecule has 4 atom stereocenters. The van der Waals surface area contributed by atoms with E-state index in [0.29, 0.717) is 31.4 Å². The first-order valence-corrected chi connectivity index (χ1v) is 15.6. The van der Waals surface area contributed by atoms with Gasteiger partial charge in [-0.25, -0.2) is 0 Å². The summed E-state index contributed by atoms with van der Waals surface area (Å²) in [7, 11) is 0. The monoisotopic (exact) mass is 594 g/mol. The highest BCUT2D eigenvalue weighted by atomic mass is 16.3. The van der Waals surface area contributed by atoms with Crippen molar-refractivity contribution < 1.29 is 24.9 Å². The smallest absolute Gasteiger partial charge is 0.238 e. The number of aliphatic hydroxyl groups is 2. The highest BCUT2D eigenvalue weighted by molar-refractivity contribution is 6.22. The van der Waals surface area contributed by atoms with Gasteiger partial charge in [-0.2, -0.15) is 0 Å². The number of carbonyl (C=O) groups excluding carboxylic acids is 2. The van der Waals surface area contributed by atoms with Crippen LogP contribution in [0.25, 0.3) is 6.08 Å². The van der Waals surface area contributed by atoms with Crippen LogP contribution in [0.2, 0.25) is 0 Å². The van der Waals surface area contributed by atoms with E-state index in [0.717, 1.165) is 46.5 Å². The maximum absolute atomic E-state index is 13.9. The molecule has 0 radical (unpaired) electrons. The van der Waals surface area contributed by atoms with Crippen LogP contribution >= 0.6 is 0 Å². The van der Waals surface area contributed by atoms with Crippen molar-refractivity contribution in [1.29, 1.82) is 0 Å². The highest BCUT2D eigenvalue weighted by Crippen LogP contribution is 2.48. The van der Waals surface area contributed by atoms with Gasteiger partial charge in [-0.1, -0.05) is 67.8 Å². The maximum Gasteiger partial charge on any atom is 0.238 e. The molecule has 7 heteroatoms. The van der Waals surface area contributed by atoms with Gasteiger partial charge in [-0.3, -0.25) is 14.5 Å². The summed E-state index contributed by atoms with van der Waals surface area (Å²) in [4.78, 5) is 28.9. The van der Waals surface area contributed by atoms with E-state index >= 15 is 0 Å². The van der Waals surface area contributed by atoms with Crippen LogP contribution in [0.5, 0.6) is 5.75 Å². The van der Waals surface area contributed by atoms with Crippen LogP contribution in [0.15, 0.2) is 95.6 Å². The second-order valence-electron chi connectivity index (χ2n) is 11.8. The molecule has 1 saturated heterocycles. The number of hydrogen-bond donors (Lipinski definition) is 4. The van der Waals surface area contributed by atoms with Gasteiger partial charge in [-0.15, -0.1) is 0 Å². The van der Waals surface area contributed by atoms with E-state index in [1.807, 2.05) is 55.5 Å². The Labute approximate surface area is 259 Å². The number of phenols is 1. The van der Waals surface area contributed by atoms with Crippen molar-refractivity contribution in [2.75, 3.05) is 16.8 Å². The van der Waals surface area contributed by atoms with Gasteiger partial charge < -0.3 is 20.6 Å². The standard InChI is InChI=1S/C37H42N2O5/c1-3-9-24(20-25-10-8-13-30(41)21-25)14-19-33(42)34-26(4-2)22-31-35(32(34)23-40)37(44)39(36(31)43)29-17-15-28(16-18-29)38-27-11-6-5-7-12-27/h5-8,10-13,15-18,20-21,31-33,35,38,40-42H,3-4,9,14,19,22-23H2,1-2H3/b24-20+/t31-,32+,33-,35-/m1/s1. The third kappa shape index (κ3) is 6.64. The lowest BCUT2D eigenvalue weighted by molar-refractivity contribution is -0.123. The molecule has 1 fully saturated rings. The molecule has 7 nitrogen and oxygen atoms in total. The Bertz CT molecular complexity index is 1530. The fourth-order valence-electron chi connectivity index (χ4n) is 6.85. The van der Waals surface area contributed by atoms with Crippen molar-refractivity contribution in [2.45, 2.75) is 58.5 Å². The molecule has 44 heavy (non-hydrogen) atoms. The Kier molecular flexibility index (Phi) is 9.98. The molecule has 0 spiro atoms. The topological polar surface area (TPSA) is 110 Å². The molecule has 0 bridgehead atoms. The molecule has 2 amide bonds. The van der Waals surface area contributed by atoms with Crippen LogP contribution in [0.3, 0.4) is 0 Å². The third-order valence-corrected chi connectivity index (χ3v) is 8.91. The van der Waals surface area contributed by atoms with Gasteiger partial charge in [0.2, 0.25) is 11.8 Å². The van der Waals surface area contributed by atoms with Gasteiger partial charge in [0.1, 0.15) is 5.75 Å². The third-order valence-electron chi connectivity index (χ3n) is 8.91. The minimum absolute atomic E-state index is 0.208. The number of rotatable bonds is 12. The number of nitrogens with zero attached hydrogens (tertiary/aromatic N) is 1. The molecular weight excluding hydrogens is 552 g/mol. The van der Waals surface area contributed by atoms with E-state index in [9.17, 15) is 24.9 Å². The van der Waals surface area contributed by atoms with Gasteiger partial charge in [0.25, 0.3) is 0 Å². The molecule has 0 saturated carbocycles. The Morgan fingerprint density at radius 3 is 2.34 bits per heavy atom.